The van der Waals surface area contributed by atoms with Gasteiger partial charge in [0.25, 0.3) is 0 Å². The molecular weight excluding hydrogens is 264 g/mol. The zero-order valence-corrected chi connectivity index (χ0v) is 12.9. The van der Waals surface area contributed by atoms with Gasteiger partial charge in [-0.15, -0.1) is 0 Å². The molecule has 1 N–H and O–H groups in total. The molecule has 6 heteroatoms. The second-order valence-corrected chi connectivity index (χ2v) is 5.73. The summed E-state index contributed by atoms with van der Waals surface area (Å²) in [6.07, 6.45) is 4.93. The standard InChI is InChI=1S/C13H23ClN4O/c1-5-6-7-8-13(2,3)9-15-11-16-10(14)17-12(18-11)19-4/h5-9H2,1-4H3,(H,15,16,17,18). The predicted octanol–water partition coefficient (Wildman–Crippen LogP) is 3.55. The Morgan fingerprint density at radius 3 is 2.58 bits per heavy atom. The van der Waals surface area contributed by atoms with Crippen LogP contribution in [0.1, 0.15) is 46.5 Å². The molecule has 1 heterocycles. The Morgan fingerprint density at radius 1 is 1.21 bits per heavy atom. The summed E-state index contributed by atoms with van der Waals surface area (Å²) in [5, 5.41) is 3.34. The van der Waals surface area contributed by atoms with Gasteiger partial charge in [-0.05, 0) is 23.4 Å². The van der Waals surface area contributed by atoms with E-state index in [1.807, 2.05) is 0 Å². The van der Waals surface area contributed by atoms with Gasteiger partial charge in [0.05, 0.1) is 7.11 Å². The molecule has 0 saturated carbocycles. The Hall–Kier alpha value is -1.10. The van der Waals surface area contributed by atoms with E-state index in [0.29, 0.717) is 5.95 Å². The van der Waals surface area contributed by atoms with Crippen molar-refractivity contribution in [2.75, 3.05) is 19.0 Å². The molecule has 0 spiro atoms. The third kappa shape index (κ3) is 6.05. The topological polar surface area (TPSA) is 59.9 Å². The molecule has 0 aromatic carbocycles. The molecule has 5 nitrogen and oxygen atoms in total. The zero-order chi connectivity index (χ0) is 14.3. The van der Waals surface area contributed by atoms with Gasteiger partial charge in [-0.2, -0.15) is 15.0 Å². The first kappa shape index (κ1) is 16.0. The van der Waals surface area contributed by atoms with Crippen LogP contribution >= 0.6 is 11.6 Å². The summed E-state index contributed by atoms with van der Waals surface area (Å²) in [5.74, 6) is 0.459. The molecule has 1 aromatic heterocycles. The van der Waals surface area contributed by atoms with Gasteiger partial charge in [0.1, 0.15) is 0 Å². The van der Waals surface area contributed by atoms with Gasteiger partial charge < -0.3 is 10.1 Å². The minimum absolute atomic E-state index is 0.137. The van der Waals surface area contributed by atoms with Crippen LogP contribution in [0, 0.1) is 5.41 Å². The van der Waals surface area contributed by atoms with Crippen LogP contribution in [0.4, 0.5) is 5.95 Å². The van der Waals surface area contributed by atoms with Gasteiger partial charge in [0.2, 0.25) is 11.2 Å². The number of nitrogens with one attached hydrogen (secondary N) is 1. The number of hydrogen-bond donors (Lipinski definition) is 1. The van der Waals surface area contributed by atoms with E-state index >= 15 is 0 Å². The van der Waals surface area contributed by atoms with Crippen molar-refractivity contribution in [1.82, 2.24) is 15.0 Å². The van der Waals surface area contributed by atoms with Crippen molar-refractivity contribution in [2.24, 2.45) is 5.41 Å². The van der Waals surface area contributed by atoms with Crippen LogP contribution in [-0.2, 0) is 0 Å². The number of halogens is 1. The Bertz CT molecular complexity index is 398. The quantitative estimate of drug-likeness (QED) is 0.741. The Labute approximate surface area is 120 Å². The third-order valence-corrected chi connectivity index (χ3v) is 3.12. The van der Waals surface area contributed by atoms with Crippen molar-refractivity contribution in [2.45, 2.75) is 46.5 Å². The molecule has 19 heavy (non-hydrogen) atoms. The van der Waals surface area contributed by atoms with Gasteiger partial charge in [-0.3, -0.25) is 0 Å². The lowest BCUT2D eigenvalue weighted by molar-refractivity contribution is 0.341. The van der Waals surface area contributed by atoms with E-state index in [4.69, 9.17) is 16.3 Å². The second kappa shape index (κ2) is 7.48. The molecule has 1 rings (SSSR count). The van der Waals surface area contributed by atoms with Crippen LogP contribution in [0.5, 0.6) is 6.01 Å². The van der Waals surface area contributed by atoms with Gasteiger partial charge in [0.15, 0.2) is 0 Å². The average Bonchev–Trinajstić information content (AvgIpc) is 2.36. The maximum absolute atomic E-state index is 5.80. The minimum Gasteiger partial charge on any atom is -0.467 e. The first-order chi connectivity index (χ1) is 8.96. The fourth-order valence-corrected chi connectivity index (χ4v) is 1.91. The number of unbranched alkanes of at least 4 members (excludes halogenated alkanes) is 2. The van der Waals surface area contributed by atoms with Crippen molar-refractivity contribution in [3.63, 3.8) is 0 Å². The van der Waals surface area contributed by atoms with E-state index in [-0.39, 0.29) is 16.7 Å². The van der Waals surface area contributed by atoms with Crippen molar-refractivity contribution in [3.05, 3.63) is 5.28 Å². The molecule has 0 atom stereocenters. The van der Waals surface area contributed by atoms with Crippen LogP contribution < -0.4 is 10.1 Å². The molecule has 1 aromatic rings. The van der Waals surface area contributed by atoms with E-state index in [1.54, 1.807) is 0 Å². The van der Waals surface area contributed by atoms with Crippen LogP contribution in [0.2, 0.25) is 5.28 Å². The highest BCUT2D eigenvalue weighted by atomic mass is 35.5. The highest BCUT2D eigenvalue weighted by Crippen LogP contribution is 2.24. The van der Waals surface area contributed by atoms with Crippen LogP contribution in [-0.4, -0.2) is 28.6 Å². The SMILES string of the molecule is CCCCCC(C)(C)CNc1nc(Cl)nc(OC)n1. The smallest absolute Gasteiger partial charge is 0.322 e. The van der Waals surface area contributed by atoms with Gasteiger partial charge >= 0.3 is 6.01 Å². The normalized spacial score (nSPS) is 11.4. The lowest BCUT2D eigenvalue weighted by Gasteiger charge is -2.24. The van der Waals surface area contributed by atoms with Crippen LogP contribution in [0.3, 0.4) is 0 Å². The maximum Gasteiger partial charge on any atom is 0.322 e. The zero-order valence-electron chi connectivity index (χ0n) is 12.2. The summed E-state index contributed by atoms with van der Waals surface area (Å²) < 4.78 is 4.96. The molecular formula is C13H23ClN4O. The largest absolute Gasteiger partial charge is 0.467 e. The molecule has 0 fully saturated rings. The number of ether oxygens (including phenoxy) is 1. The Balaban J connectivity index is 2.53. The number of rotatable bonds is 8. The molecule has 0 amide bonds. The second-order valence-electron chi connectivity index (χ2n) is 5.39. The summed E-state index contributed by atoms with van der Waals surface area (Å²) >= 11 is 5.80. The van der Waals surface area contributed by atoms with Crippen LogP contribution in [0.15, 0.2) is 0 Å². The van der Waals surface area contributed by atoms with E-state index < -0.39 is 0 Å². The third-order valence-electron chi connectivity index (χ3n) is 2.95. The number of nitrogens with zero attached hydrogens (tertiary/aromatic N) is 3. The molecule has 0 aliphatic heterocycles. The van der Waals surface area contributed by atoms with Crippen molar-refractivity contribution < 1.29 is 4.74 Å². The highest BCUT2D eigenvalue weighted by Gasteiger charge is 2.18. The number of anilines is 1. The summed E-state index contributed by atoms with van der Waals surface area (Å²) in [4.78, 5) is 12.0. The predicted molar refractivity (Wildman–Crippen MR) is 77.8 cm³/mol. The minimum atomic E-state index is 0.137. The van der Waals surface area contributed by atoms with Gasteiger partial charge in [-0.1, -0.05) is 40.0 Å². The summed E-state index contributed by atoms with van der Waals surface area (Å²) in [6, 6.07) is 0.228. The first-order valence-corrected chi connectivity index (χ1v) is 7.04. The molecule has 0 aliphatic rings. The monoisotopic (exact) mass is 286 g/mol. The van der Waals surface area contributed by atoms with Crippen molar-refractivity contribution in [1.29, 1.82) is 0 Å². The Kier molecular flexibility index (Phi) is 6.28. The molecule has 0 unspecified atom stereocenters. The van der Waals surface area contributed by atoms with Crippen molar-refractivity contribution >= 4 is 17.5 Å². The van der Waals surface area contributed by atoms with E-state index in [2.05, 4.69) is 41.0 Å². The van der Waals surface area contributed by atoms with E-state index in [9.17, 15) is 0 Å². The Morgan fingerprint density at radius 2 is 1.95 bits per heavy atom. The number of hydrogen-bond acceptors (Lipinski definition) is 5. The summed E-state index contributed by atoms with van der Waals surface area (Å²) in [5.41, 5.74) is 0.196. The van der Waals surface area contributed by atoms with Crippen molar-refractivity contribution in [3.8, 4) is 6.01 Å². The molecule has 0 saturated heterocycles. The van der Waals surface area contributed by atoms with Gasteiger partial charge in [0, 0.05) is 6.54 Å². The maximum atomic E-state index is 5.80. The van der Waals surface area contributed by atoms with E-state index in [0.717, 1.165) is 6.54 Å². The van der Waals surface area contributed by atoms with E-state index in [1.165, 1.54) is 32.8 Å². The first-order valence-electron chi connectivity index (χ1n) is 6.66. The number of methoxy groups -OCH3 is 1. The average molecular weight is 287 g/mol. The highest BCUT2D eigenvalue weighted by molar-refractivity contribution is 6.28. The fraction of sp³-hybridized carbons (Fsp3) is 0.769. The van der Waals surface area contributed by atoms with Crippen LogP contribution in [0.25, 0.3) is 0 Å². The summed E-state index contributed by atoms with van der Waals surface area (Å²) in [7, 11) is 1.50. The molecule has 0 aliphatic carbocycles. The summed E-state index contributed by atoms with van der Waals surface area (Å²) in [6.45, 7) is 7.47. The molecule has 0 radical (unpaired) electrons. The fourth-order valence-electron chi connectivity index (χ4n) is 1.76. The lowest BCUT2D eigenvalue weighted by Crippen LogP contribution is -2.24. The lowest BCUT2D eigenvalue weighted by atomic mass is 9.87. The molecule has 108 valence electrons. The van der Waals surface area contributed by atoms with Gasteiger partial charge in [-0.25, -0.2) is 0 Å². The number of aromatic nitrogens is 3. The molecule has 0 bridgehead atoms.